The Balaban J connectivity index is 2.27. The summed E-state index contributed by atoms with van der Waals surface area (Å²) in [6.07, 6.45) is 2.48. The molecule has 1 amide bonds. The number of carbonyl (C=O) groups excluding carboxylic acids is 1. The summed E-state index contributed by atoms with van der Waals surface area (Å²) >= 11 is 0. The highest BCUT2D eigenvalue weighted by atomic mass is 16.4. The van der Waals surface area contributed by atoms with Crippen LogP contribution in [0.4, 0.5) is 5.82 Å². The van der Waals surface area contributed by atoms with E-state index in [4.69, 9.17) is 5.11 Å². The number of carbonyl (C=O) groups is 2. The van der Waals surface area contributed by atoms with Crippen molar-refractivity contribution in [3.63, 3.8) is 0 Å². The summed E-state index contributed by atoms with van der Waals surface area (Å²) in [5, 5.41) is 15.8. The van der Waals surface area contributed by atoms with Crippen LogP contribution in [-0.2, 0) is 0 Å². The van der Waals surface area contributed by atoms with E-state index in [9.17, 15) is 9.59 Å². The van der Waals surface area contributed by atoms with E-state index < -0.39 is 17.6 Å². The molecule has 0 spiro atoms. The maximum atomic E-state index is 12.1. The number of aromatic nitrogens is 4. The number of nitrogens with zero attached hydrogens (tertiary/aromatic N) is 4. The molecule has 2 aromatic rings. The molecule has 0 aliphatic rings. The van der Waals surface area contributed by atoms with Gasteiger partial charge in [-0.1, -0.05) is 0 Å². The maximum Gasteiger partial charge on any atom is 0.356 e. The topological polar surface area (TPSA) is 110 Å². The Morgan fingerprint density at radius 3 is 2.38 bits per heavy atom. The van der Waals surface area contributed by atoms with Crippen LogP contribution in [0.25, 0.3) is 0 Å². The van der Waals surface area contributed by atoms with Crippen molar-refractivity contribution >= 4 is 17.7 Å². The summed E-state index contributed by atoms with van der Waals surface area (Å²) in [5.74, 6) is -1.63. The van der Waals surface area contributed by atoms with Crippen LogP contribution in [0, 0.1) is 6.92 Å². The van der Waals surface area contributed by atoms with Gasteiger partial charge in [-0.05, 0) is 20.8 Å². The predicted molar refractivity (Wildman–Crippen MR) is 74.3 cm³/mol. The molecule has 8 heteroatoms. The van der Waals surface area contributed by atoms with Crippen LogP contribution in [0.5, 0.6) is 0 Å². The molecule has 0 aromatic carbocycles. The van der Waals surface area contributed by atoms with Crippen LogP contribution in [0.3, 0.4) is 0 Å². The molecule has 0 fully saturated rings. The SMILES string of the molecule is Cc1cc(NC(=O)c2nccnc2C(=O)O)nn1C(C)C. The number of aromatic carboxylic acids is 1. The smallest absolute Gasteiger partial charge is 0.356 e. The highest BCUT2D eigenvalue weighted by molar-refractivity contribution is 6.08. The van der Waals surface area contributed by atoms with Gasteiger partial charge >= 0.3 is 5.97 Å². The Labute approximate surface area is 120 Å². The van der Waals surface area contributed by atoms with E-state index in [0.29, 0.717) is 5.82 Å². The zero-order chi connectivity index (χ0) is 15.6. The molecule has 0 aliphatic carbocycles. The van der Waals surface area contributed by atoms with Gasteiger partial charge in [-0.2, -0.15) is 5.10 Å². The van der Waals surface area contributed by atoms with E-state index >= 15 is 0 Å². The number of carboxylic acids is 1. The highest BCUT2D eigenvalue weighted by Crippen LogP contribution is 2.14. The second-order valence-electron chi connectivity index (χ2n) is 4.72. The molecule has 2 aromatic heterocycles. The van der Waals surface area contributed by atoms with E-state index in [1.165, 1.54) is 12.4 Å². The number of amides is 1. The fraction of sp³-hybridized carbons (Fsp3) is 0.308. The molecule has 2 N–H and O–H groups in total. The van der Waals surface area contributed by atoms with Crippen LogP contribution in [0.15, 0.2) is 18.5 Å². The molecular weight excluding hydrogens is 274 g/mol. The highest BCUT2D eigenvalue weighted by Gasteiger charge is 2.20. The van der Waals surface area contributed by atoms with Crippen LogP contribution in [0.1, 0.15) is 46.6 Å². The molecule has 0 saturated carbocycles. The standard InChI is InChI=1S/C13H15N5O3/c1-7(2)18-8(3)6-9(17-18)16-12(19)10-11(13(20)21)15-5-4-14-10/h4-7H,1-3H3,(H,20,21)(H,16,17,19). The number of aryl methyl sites for hydroxylation is 1. The summed E-state index contributed by atoms with van der Waals surface area (Å²) in [6.45, 7) is 5.81. The largest absolute Gasteiger partial charge is 0.476 e. The average Bonchev–Trinajstić information content (AvgIpc) is 2.79. The third-order valence-electron chi connectivity index (χ3n) is 2.77. The van der Waals surface area contributed by atoms with E-state index in [1.807, 2.05) is 20.8 Å². The third kappa shape index (κ3) is 3.04. The van der Waals surface area contributed by atoms with E-state index in [-0.39, 0.29) is 11.7 Å². The molecule has 0 saturated heterocycles. The fourth-order valence-corrected chi connectivity index (χ4v) is 1.91. The first-order valence-electron chi connectivity index (χ1n) is 6.32. The molecule has 8 nitrogen and oxygen atoms in total. The minimum atomic E-state index is -1.31. The Morgan fingerprint density at radius 2 is 1.86 bits per heavy atom. The van der Waals surface area contributed by atoms with Gasteiger partial charge < -0.3 is 10.4 Å². The summed E-state index contributed by atoms with van der Waals surface area (Å²) in [5.41, 5.74) is 0.245. The Hall–Kier alpha value is -2.77. The minimum Gasteiger partial charge on any atom is -0.476 e. The summed E-state index contributed by atoms with van der Waals surface area (Å²) in [7, 11) is 0. The Morgan fingerprint density at radius 1 is 1.24 bits per heavy atom. The first kappa shape index (κ1) is 14.6. The van der Waals surface area contributed by atoms with Gasteiger partial charge in [0.1, 0.15) is 0 Å². The van der Waals surface area contributed by atoms with Crippen molar-refractivity contribution in [1.82, 2.24) is 19.7 Å². The Bertz CT molecular complexity index is 693. The van der Waals surface area contributed by atoms with Gasteiger partial charge in [0.25, 0.3) is 5.91 Å². The van der Waals surface area contributed by atoms with Crippen LogP contribution in [-0.4, -0.2) is 36.7 Å². The second-order valence-corrected chi connectivity index (χ2v) is 4.72. The number of nitrogens with one attached hydrogen (secondary N) is 1. The van der Waals surface area contributed by atoms with E-state index in [1.54, 1.807) is 10.7 Å². The third-order valence-corrected chi connectivity index (χ3v) is 2.77. The average molecular weight is 289 g/mol. The van der Waals surface area contributed by atoms with E-state index in [0.717, 1.165) is 5.69 Å². The number of hydrogen-bond donors (Lipinski definition) is 2. The summed E-state index contributed by atoms with van der Waals surface area (Å²) in [4.78, 5) is 30.5. The lowest BCUT2D eigenvalue weighted by atomic mass is 10.3. The number of anilines is 1. The maximum absolute atomic E-state index is 12.1. The van der Waals surface area contributed by atoms with Gasteiger partial charge in [0, 0.05) is 30.2 Å². The van der Waals surface area contributed by atoms with Crippen molar-refractivity contribution in [2.75, 3.05) is 5.32 Å². The van der Waals surface area contributed by atoms with Gasteiger partial charge in [-0.3, -0.25) is 9.48 Å². The van der Waals surface area contributed by atoms with Gasteiger partial charge in [0.15, 0.2) is 17.2 Å². The molecular formula is C13H15N5O3. The van der Waals surface area contributed by atoms with Gasteiger partial charge in [0.05, 0.1) is 0 Å². The van der Waals surface area contributed by atoms with Crippen molar-refractivity contribution < 1.29 is 14.7 Å². The lowest BCUT2D eigenvalue weighted by Gasteiger charge is -2.07. The molecule has 0 radical (unpaired) electrons. The Kier molecular flexibility index (Phi) is 3.97. The van der Waals surface area contributed by atoms with Crippen molar-refractivity contribution in [2.24, 2.45) is 0 Å². The van der Waals surface area contributed by atoms with Crippen molar-refractivity contribution in [2.45, 2.75) is 26.8 Å². The zero-order valence-electron chi connectivity index (χ0n) is 11.9. The number of carboxylic acid groups (broad SMARTS) is 1. The lowest BCUT2D eigenvalue weighted by Crippen LogP contribution is -2.19. The van der Waals surface area contributed by atoms with Crippen molar-refractivity contribution in [3.05, 3.63) is 35.5 Å². The quantitative estimate of drug-likeness (QED) is 0.882. The van der Waals surface area contributed by atoms with Gasteiger partial charge in [0.2, 0.25) is 0 Å². The van der Waals surface area contributed by atoms with Gasteiger partial charge in [-0.15, -0.1) is 0 Å². The molecule has 110 valence electrons. The molecule has 0 atom stereocenters. The molecule has 0 bridgehead atoms. The van der Waals surface area contributed by atoms with Crippen molar-refractivity contribution in [1.29, 1.82) is 0 Å². The zero-order valence-corrected chi connectivity index (χ0v) is 11.9. The summed E-state index contributed by atoms with van der Waals surface area (Å²) in [6, 6.07) is 1.86. The van der Waals surface area contributed by atoms with E-state index in [2.05, 4.69) is 20.4 Å². The first-order valence-corrected chi connectivity index (χ1v) is 6.32. The second kappa shape index (κ2) is 5.70. The fourth-order valence-electron chi connectivity index (χ4n) is 1.91. The first-order chi connectivity index (χ1) is 9.90. The van der Waals surface area contributed by atoms with Gasteiger partial charge in [-0.25, -0.2) is 14.8 Å². The van der Waals surface area contributed by atoms with Crippen LogP contribution < -0.4 is 5.32 Å². The van der Waals surface area contributed by atoms with Crippen LogP contribution in [0.2, 0.25) is 0 Å². The van der Waals surface area contributed by atoms with Crippen molar-refractivity contribution in [3.8, 4) is 0 Å². The predicted octanol–water partition coefficient (Wildman–Crippen LogP) is 1.51. The monoisotopic (exact) mass is 289 g/mol. The summed E-state index contributed by atoms with van der Waals surface area (Å²) < 4.78 is 1.75. The molecule has 2 heterocycles. The number of rotatable bonds is 4. The minimum absolute atomic E-state index is 0.154. The molecule has 2 rings (SSSR count). The molecule has 0 unspecified atom stereocenters. The molecule has 21 heavy (non-hydrogen) atoms. The number of hydrogen-bond acceptors (Lipinski definition) is 5. The van der Waals surface area contributed by atoms with Crippen LogP contribution >= 0.6 is 0 Å². The normalized spacial score (nSPS) is 10.7. The molecule has 0 aliphatic heterocycles. The lowest BCUT2D eigenvalue weighted by molar-refractivity contribution is 0.0685.